The highest BCUT2D eigenvalue weighted by atomic mass is 16.6. The molecule has 0 aromatic carbocycles. The molecular formula is C74H130O6. The average molecular weight is 1120 g/mol. The van der Waals surface area contributed by atoms with Crippen LogP contribution in [0.15, 0.2) is 85.1 Å². The van der Waals surface area contributed by atoms with Gasteiger partial charge in [0.25, 0.3) is 0 Å². The molecule has 1 atom stereocenters. The van der Waals surface area contributed by atoms with E-state index in [2.05, 4.69) is 106 Å². The van der Waals surface area contributed by atoms with E-state index >= 15 is 0 Å². The predicted octanol–water partition coefficient (Wildman–Crippen LogP) is 23.8. The Kier molecular flexibility index (Phi) is 65.2. The van der Waals surface area contributed by atoms with Gasteiger partial charge in [-0.15, -0.1) is 0 Å². The van der Waals surface area contributed by atoms with Crippen molar-refractivity contribution < 1.29 is 28.6 Å². The van der Waals surface area contributed by atoms with Gasteiger partial charge in [0.1, 0.15) is 13.2 Å². The normalized spacial score (nSPS) is 12.6. The van der Waals surface area contributed by atoms with Gasteiger partial charge < -0.3 is 14.2 Å². The second-order valence-corrected chi connectivity index (χ2v) is 23.1. The number of hydrogen-bond donors (Lipinski definition) is 0. The maximum atomic E-state index is 12.9. The van der Waals surface area contributed by atoms with Crippen molar-refractivity contribution >= 4 is 17.9 Å². The van der Waals surface area contributed by atoms with Crippen LogP contribution < -0.4 is 0 Å². The predicted molar refractivity (Wildman–Crippen MR) is 348 cm³/mol. The van der Waals surface area contributed by atoms with E-state index in [1.807, 2.05) is 0 Å². The van der Waals surface area contributed by atoms with Crippen LogP contribution in [-0.4, -0.2) is 37.2 Å². The summed E-state index contributed by atoms with van der Waals surface area (Å²) in [6.45, 7) is 6.52. The Morgan fingerprint density at radius 1 is 0.263 bits per heavy atom. The Morgan fingerprint density at radius 2 is 0.487 bits per heavy atom. The lowest BCUT2D eigenvalue weighted by molar-refractivity contribution is -0.167. The molecule has 0 rings (SSSR count). The highest BCUT2D eigenvalue weighted by Gasteiger charge is 2.19. The van der Waals surface area contributed by atoms with Crippen LogP contribution in [0, 0.1) is 0 Å². The maximum absolute atomic E-state index is 12.9. The van der Waals surface area contributed by atoms with E-state index in [0.717, 1.165) is 96.3 Å². The summed E-state index contributed by atoms with van der Waals surface area (Å²) in [5, 5.41) is 0. The zero-order chi connectivity index (χ0) is 57.8. The van der Waals surface area contributed by atoms with E-state index < -0.39 is 6.10 Å². The van der Waals surface area contributed by atoms with Gasteiger partial charge in [0.05, 0.1) is 0 Å². The van der Waals surface area contributed by atoms with Crippen LogP contribution in [-0.2, 0) is 28.6 Å². The van der Waals surface area contributed by atoms with Crippen LogP contribution in [0.2, 0.25) is 0 Å². The molecule has 0 aromatic rings. The topological polar surface area (TPSA) is 78.9 Å². The number of esters is 3. The number of carbonyl (C=O) groups is 3. The molecule has 0 saturated carbocycles. The lowest BCUT2D eigenvalue weighted by atomic mass is 10.0. The number of rotatable bonds is 63. The standard InChI is InChI=1S/C74H130O6/c1-4-7-10-13-16-19-22-25-27-29-31-33-35-36-37-38-40-41-43-45-47-49-52-55-58-61-64-67-73(76)79-70-71(69-78-72(75)66-63-60-57-54-51-24-21-18-15-12-9-6-3)80-74(77)68-65-62-59-56-53-50-48-46-44-42-39-34-32-30-28-26-23-20-17-14-11-8-5-2/h8,11,17-18,20-22,25-26,28-29,31-32,34,71H,4-7,9-10,12-16,19,23-24,27,30,33,35-70H2,1-3H3/b11-8-,20-17-,21-18-,25-22-,28-26-,31-29-,34-32-. The first kappa shape index (κ1) is 76.6. The van der Waals surface area contributed by atoms with Crippen molar-refractivity contribution in [2.45, 2.75) is 354 Å². The zero-order valence-corrected chi connectivity index (χ0v) is 53.1. The molecule has 0 aromatic heterocycles. The molecule has 0 aliphatic carbocycles. The largest absolute Gasteiger partial charge is 0.462 e. The van der Waals surface area contributed by atoms with E-state index in [1.54, 1.807) is 0 Å². The van der Waals surface area contributed by atoms with Gasteiger partial charge >= 0.3 is 17.9 Å². The van der Waals surface area contributed by atoms with Crippen molar-refractivity contribution in [3.05, 3.63) is 85.1 Å². The quantitative estimate of drug-likeness (QED) is 0.0261. The van der Waals surface area contributed by atoms with E-state index in [4.69, 9.17) is 14.2 Å². The number of ether oxygens (including phenoxy) is 3. The number of carbonyl (C=O) groups excluding carboxylic acids is 3. The van der Waals surface area contributed by atoms with Crippen LogP contribution in [0.1, 0.15) is 348 Å². The Bertz CT molecular complexity index is 1520. The van der Waals surface area contributed by atoms with Crippen molar-refractivity contribution in [3.8, 4) is 0 Å². The van der Waals surface area contributed by atoms with Crippen LogP contribution in [0.3, 0.4) is 0 Å². The molecule has 0 bridgehead atoms. The summed E-state index contributed by atoms with van der Waals surface area (Å²) >= 11 is 0. The fourth-order valence-electron chi connectivity index (χ4n) is 9.93. The molecule has 6 nitrogen and oxygen atoms in total. The van der Waals surface area contributed by atoms with Gasteiger partial charge in [0.15, 0.2) is 6.10 Å². The minimum atomic E-state index is -0.783. The molecule has 0 heterocycles. The van der Waals surface area contributed by atoms with Gasteiger partial charge in [0, 0.05) is 19.3 Å². The molecule has 6 heteroatoms. The molecule has 80 heavy (non-hydrogen) atoms. The third-order valence-electron chi connectivity index (χ3n) is 15.1. The van der Waals surface area contributed by atoms with Crippen molar-refractivity contribution in [2.24, 2.45) is 0 Å². The van der Waals surface area contributed by atoms with Crippen LogP contribution in [0.5, 0.6) is 0 Å². The summed E-state index contributed by atoms with van der Waals surface area (Å²) in [7, 11) is 0. The van der Waals surface area contributed by atoms with E-state index in [9.17, 15) is 14.4 Å². The van der Waals surface area contributed by atoms with Gasteiger partial charge in [-0.2, -0.15) is 0 Å². The molecule has 0 radical (unpaired) electrons. The smallest absolute Gasteiger partial charge is 0.306 e. The fraction of sp³-hybridized carbons (Fsp3) is 0.770. The molecule has 0 saturated heterocycles. The first-order chi connectivity index (χ1) is 39.5. The van der Waals surface area contributed by atoms with Gasteiger partial charge in [-0.3, -0.25) is 14.4 Å². The molecule has 0 aliphatic heterocycles. The molecule has 0 fully saturated rings. The molecule has 0 spiro atoms. The van der Waals surface area contributed by atoms with Crippen molar-refractivity contribution in [3.63, 3.8) is 0 Å². The third-order valence-corrected chi connectivity index (χ3v) is 15.1. The Morgan fingerprint density at radius 3 is 0.800 bits per heavy atom. The van der Waals surface area contributed by atoms with E-state index in [1.165, 1.54) is 212 Å². The summed E-state index contributed by atoms with van der Waals surface area (Å²) in [6, 6.07) is 0. The Labute approximate surface area is 496 Å². The lowest BCUT2D eigenvalue weighted by Crippen LogP contribution is -2.30. The molecule has 0 N–H and O–H groups in total. The Hall–Kier alpha value is -3.41. The molecule has 462 valence electrons. The lowest BCUT2D eigenvalue weighted by Gasteiger charge is -2.18. The summed E-state index contributed by atoms with van der Waals surface area (Å²) in [6.07, 6.45) is 90.4. The molecule has 0 aliphatic rings. The SMILES string of the molecule is CC/C=C\C/C=C\C/C=C\C/C=C\CCCCCCCCCCCCC(=O)OC(COC(=O)CCCCCCC/C=C\CCCCC)COC(=O)CCCCCCCCCCCCCCCCC/C=C\C/C=C\CCCCCCC. The summed E-state index contributed by atoms with van der Waals surface area (Å²) in [4.78, 5) is 38.4. The van der Waals surface area contributed by atoms with Crippen LogP contribution >= 0.6 is 0 Å². The monoisotopic (exact) mass is 1110 g/mol. The third kappa shape index (κ3) is 65.4. The molecule has 0 amide bonds. The number of hydrogen-bond acceptors (Lipinski definition) is 6. The van der Waals surface area contributed by atoms with Gasteiger partial charge in [-0.05, 0) is 116 Å². The average Bonchev–Trinajstić information content (AvgIpc) is 3.46. The number of allylic oxidation sites excluding steroid dienone is 14. The first-order valence-corrected chi connectivity index (χ1v) is 34.6. The zero-order valence-electron chi connectivity index (χ0n) is 53.1. The maximum Gasteiger partial charge on any atom is 0.306 e. The second kappa shape index (κ2) is 68.1. The minimum absolute atomic E-state index is 0.0784. The van der Waals surface area contributed by atoms with Crippen molar-refractivity contribution in [2.75, 3.05) is 13.2 Å². The van der Waals surface area contributed by atoms with Crippen LogP contribution in [0.25, 0.3) is 0 Å². The van der Waals surface area contributed by atoms with Gasteiger partial charge in [-0.25, -0.2) is 0 Å². The van der Waals surface area contributed by atoms with Gasteiger partial charge in [-0.1, -0.05) is 298 Å². The van der Waals surface area contributed by atoms with E-state index in [-0.39, 0.29) is 31.1 Å². The van der Waals surface area contributed by atoms with Gasteiger partial charge in [0.2, 0.25) is 0 Å². The number of unbranched alkanes of at least 4 members (excludes halogenated alkanes) is 38. The Balaban J connectivity index is 4.25. The summed E-state index contributed by atoms with van der Waals surface area (Å²) in [5.74, 6) is -0.877. The summed E-state index contributed by atoms with van der Waals surface area (Å²) < 4.78 is 17.0. The second-order valence-electron chi connectivity index (χ2n) is 23.1. The van der Waals surface area contributed by atoms with Crippen molar-refractivity contribution in [1.82, 2.24) is 0 Å². The molecule has 1 unspecified atom stereocenters. The minimum Gasteiger partial charge on any atom is -0.462 e. The van der Waals surface area contributed by atoms with Crippen molar-refractivity contribution in [1.29, 1.82) is 0 Å². The highest BCUT2D eigenvalue weighted by Crippen LogP contribution is 2.17. The first-order valence-electron chi connectivity index (χ1n) is 34.6. The van der Waals surface area contributed by atoms with Crippen LogP contribution in [0.4, 0.5) is 0 Å². The molecular weight excluding hydrogens is 985 g/mol. The highest BCUT2D eigenvalue weighted by molar-refractivity contribution is 5.71. The fourth-order valence-corrected chi connectivity index (χ4v) is 9.93. The summed E-state index contributed by atoms with van der Waals surface area (Å²) in [5.41, 5.74) is 0. The van der Waals surface area contributed by atoms with E-state index in [0.29, 0.717) is 19.3 Å².